The zero-order valence-electron chi connectivity index (χ0n) is 26.8. The van der Waals surface area contributed by atoms with E-state index in [4.69, 9.17) is 40.0 Å². The quantitative estimate of drug-likeness (QED) is 0.110. The van der Waals surface area contributed by atoms with Crippen LogP contribution >= 0.6 is 30.5 Å². The lowest BCUT2D eigenvalue weighted by Crippen LogP contribution is -2.38. The highest BCUT2D eigenvalue weighted by Gasteiger charge is 2.26. The number of carbonyl (C=O) groups is 2. The van der Waals surface area contributed by atoms with Crippen molar-refractivity contribution in [3.8, 4) is 17.2 Å². The largest absolute Gasteiger partial charge is 0.485 e. The number of hydrogen-bond acceptors (Lipinski definition) is 14. The summed E-state index contributed by atoms with van der Waals surface area (Å²) in [6.45, 7) is 6.09. The van der Waals surface area contributed by atoms with Gasteiger partial charge in [0, 0.05) is 30.2 Å². The van der Waals surface area contributed by atoms with E-state index in [9.17, 15) is 22.6 Å². The second kappa shape index (κ2) is 18.6. The number of hydrogen-bond donors (Lipinski definition) is 2. The topological polar surface area (TPSA) is 186 Å². The molecule has 2 aromatic carbocycles. The fourth-order valence-corrected chi connectivity index (χ4v) is 6.93. The van der Waals surface area contributed by atoms with Crippen LogP contribution in [0.15, 0.2) is 52.7 Å². The number of esters is 1. The Bertz CT molecular complexity index is 1660. The Labute approximate surface area is 288 Å². The highest BCUT2D eigenvalue weighted by Crippen LogP contribution is 2.51. The lowest BCUT2D eigenvalue weighted by molar-refractivity contribution is -0.143. The molecule has 1 aliphatic heterocycles. The van der Waals surface area contributed by atoms with Crippen molar-refractivity contribution in [2.24, 2.45) is 0 Å². The smallest absolute Gasteiger partial charge is 0.336 e. The molecule has 48 heavy (non-hydrogen) atoms. The Balaban J connectivity index is 0.000000609. The minimum atomic E-state index is -3.35. The molecule has 264 valence electrons. The summed E-state index contributed by atoms with van der Waals surface area (Å²) in [5, 5.41) is 13.4. The highest BCUT2D eigenvalue weighted by atomic mass is 35.5. The molecule has 1 aliphatic rings. The molecule has 1 atom stereocenters. The molecular formula is C30H38ClN2O12PS2. The number of aliphatic hydroxyl groups excluding tert-OH is 1. The van der Waals surface area contributed by atoms with Crippen molar-refractivity contribution in [3.63, 3.8) is 0 Å². The summed E-state index contributed by atoms with van der Waals surface area (Å²) < 4.78 is 68.3. The average Bonchev–Trinajstić information content (AvgIpc) is 3.43. The third kappa shape index (κ3) is 13.1. The van der Waals surface area contributed by atoms with Crippen LogP contribution in [0.1, 0.15) is 36.8 Å². The molecule has 0 aliphatic carbocycles. The standard InChI is InChI=1S/C25H29N2O9PS2.C5H9ClO3/c1-4-33-37(29,34-5-2)15-18-16-38-25(26-18)27-24(28)17-10-20(12-21(11-17)36-22-13-32-14-22)35-19-6-8-23(9-7-19)39(3,30)31;1-4(7)9-3-5(8)2-6/h6-12,16,22H,4-5,13-15H2,1-3H3,(H,26,27,28);5,8H,2-3H2,1H3. The lowest BCUT2D eigenvalue weighted by Gasteiger charge is -2.27. The van der Waals surface area contributed by atoms with Gasteiger partial charge in [0.05, 0.1) is 49.1 Å². The second-order valence-electron chi connectivity index (χ2n) is 10.1. The Morgan fingerprint density at radius 1 is 1.10 bits per heavy atom. The predicted octanol–water partition coefficient (Wildman–Crippen LogP) is 5.28. The molecule has 3 aromatic rings. The Kier molecular flexibility index (Phi) is 15.3. The molecule has 1 amide bonds. The van der Waals surface area contributed by atoms with Crippen LogP contribution in [0, 0.1) is 0 Å². The summed E-state index contributed by atoms with van der Waals surface area (Å²) in [7, 11) is -6.68. The van der Waals surface area contributed by atoms with Crippen LogP contribution in [0.5, 0.6) is 17.2 Å². The van der Waals surface area contributed by atoms with Crippen molar-refractivity contribution in [1.82, 2.24) is 4.98 Å². The summed E-state index contributed by atoms with van der Waals surface area (Å²) in [5.74, 6) is 0.343. The number of nitrogens with zero attached hydrogens (tertiary/aromatic N) is 1. The van der Waals surface area contributed by atoms with E-state index in [0.717, 1.165) is 6.26 Å². The number of amides is 1. The van der Waals surface area contributed by atoms with Crippen LogP contribution in [-0.4, -0.2) is 87.8 Å². The molecular weight excluding hydrogens is 711 g/mol. The maximum Gasteiger partial charge on any atom is 0.336 e. The first-order valence-electron chi connectivity index (χ1n) is 14.6. The number of anilines is 1. The van der Waals surface area contributed by atoms with Crippen molar-refractivity contribution in [3.05, 3.63) is 59.1 Å². The fraction of sp³-hybridized carbons (Fsp3) is 0.433. The number of alkyl halides is 1. The summed E-state index contributed by atoms with van der Waals surface area (Å²) >= 11 is 6.38. The number of nitrogens with one attached hydrogen (secondary N) is 1. The molecule has 1 saturated heterocycles. The van der Waals surface area contributed by atoms with Crippen LogP contribution in [-0.2, 0) is 43.9 Å². The van der Waals surface area contributed by atoms with Gasteiger partial charge in [0.15, 0.2) is 15.0 Å². The van der Waals surface area contributed by atoms with Gasteiger partial charge in [0.1, 0.15) is 36.1 Å². The van der Waals surface area contributed by atoms with Crippen molar-refractivity contribution in [1.29, 1.82) is 0 Å². The van der Waals surface area contributed by atoms with E-state index in [1.807, 2.05) is 0 Å². The molecule has 0 bridgehead atoms. The number of ether oxygens (including phenoxy) is 4. The summed E-state index contributed by atoms with van der Waals surface area (Å²) in [5.41, 5.74) is 0.728. The number of sulfone groups is 1. The van der Waals surface area contributed by atoms with E-state index in [-0.39, 0.29) is 48.4 Å². The number of carbonyl (C=O) groups excluding carboxylic acids is 2. The van der Waals surface area contributed by atoms with E-state index in [1.54, 1.807) is 31.4 Å². The third-order valence-electron chi connectivity index (χ3n) is 5.98. The van der Waals surface area contributed by atoms with Gasteiger partial charge in [-0.2, -0.15) is 0 Å². The molecule has 1 fully saturated rings. The number of rotatable bonds is 16. The monoisotopic (exact) mass is 748 g/mol. The predicted molar refractivity (Wildman–Crippen MR) is 179 cm³/mol. The number of aliphatic hydroxyl groups is 1. The van der Waals surface area contributed by atoms with Gasteiger partial charge in [-0.25, -0.2) is 13.4 Å². The van der Waals surface area contributed by atoms with Crippen molar-refractivity contribution in [2.75, 3.05) is 50.5 Å². The third-order valence-corrected chi connectivity index (χ3v) is 10.3. The maximum absolute atomic E-state index is 13.1. The Hall–Kier alpha value is -3.08. The van der Waals surface area contributed by atoms with Crippen molar-refractivity contribution >= 4 is 57.4 Å². The van der Waals surface area contributed by atoms with Crippen LogP contribution < -0.4 is 14.8 Å². The summed E-state index contributed by atoms with van der Waals surface area (Å²) in [4.78, 5) is 27.8. The minimum absolute atomic E-state index is 0.00997. The minimum Gasteiger partial charge on any atom is -0.485 e. The summed E-state index contributed by atoms with van der Waals surface area (Å²) in [6.07, 6.45) is 0.235. The number of benzene rings is 2. The van der Waals surface area contributed by atoms with Crippen LogP contribution in [0.2, 0.25) is 0 Å². The molecule has 4 rings (SSSR count). The van der Waals surface area contributed by atoms with Gasteiger partial charge in [-0.15, -0.1) is 22.9 Å². The van der Waals surface area contributed by atoms with Gasteiger partial charge < -0.3 is 33.1 Å². The molecule has 1 unspecified atom stereocenters. The zero-order valence-corrected chi connectivity index (χ0v) is 30.0. The van der Waals surface area contributed by atoms with E-state index in [2.05, 4.69) is 15.0 Å². The van der Waals surface area contributed by atoms with Crippen molar-refractivity contribution < 1.29 is 55.7 Å². The van der Waals surface area contributed by atoms with E-state index in [1.165, 1.54) is 48.6 Å². The van der Waals surface area contributed by atoms with Crippen LogP contribution in [0.3, 0.4) is 0 Å². The fourth-order valence-electron chi connectivity index (χ4n) is 3.78. The molecule has 14 nitrogen and oxygen atoms in total. The van der Waals surface area contributed by atoms with Crippen molar-refractivity contribution in [2.45, 2.75) is 44.0 Å². The number of halogens is 1. The zero-order chi connectivity index (χ0) is 35.3. The molecule has 0 spiro atoms. The summed E-state index contributed by atoms with van der Waals surface area (Å²) in [6, 6.07) is 10.7. The molecule has 0 saturated carbocycles. The molecule has 0 radical (unpaired) electrons. The first-order chi connectivity index (χ1) is 22.7. The highest BCUT2D eigenvalue weighted by molar-refractivity contribution is 7.90. The number of thiazole rings is 1. The first kappa shape index (κ1) is 39.4. The van der Waals surface area contributed by atoms with E-state index in [0.29, 0.717) is 41.3 Å². The Morgan fingerprint density at radius 2 is 1.75 bits per heavy atom. The molecule has 2 N–H and O–H groups in total. The van der Waals surface area contributed by atoms with Gasteiger partial charge in [0.2, 0.25) is 0 Å². The first-order valence-corrected chi connectivity index (χ1v) is 19.7. The van der Waals surface area contributed by atoms with Gasteiger partial charge >= 0.3 is 13.6 Å². The van der Waals surface area contributed by atoms with Gasteiger partial charge in [-0.1, -0.05) is 0 Å². The van der Waals surface area contributed by atoms with Gasteiger partial charge in [0.25, 0.3) is 5.91 Å². The molecule has 1 aromatic heterocycles. The molecule has 2 heterocycles. The van der Waals surface area contributed by atoms with E-state index < -0.39 is 35.4 Å². The van der Waals surface area contributed by atoms with E-state index >= 15 is 0 Å². The average molecular weight is 749 g/mol. The Morgan fingerprint density at radius 3 is 2.29 bits per heavy atom. The maximum atomic E-state index is 13.1. The van der Waals surface area contributed by atoms with Crippen LogP contribution in [0.4, 0.5) is 5.13 Å². The van der Waals surface area contributed by atoms with Gasteiger partial charge in [-0.3, -0.25) is 19.5 Å². The molecule has 18 heteroatoms. The second-order valence-corrected chi connectivity index (χ2v) is 15.4. The normalized spacial score (nSPS) is 13.8. The van der Waals surface area contributed by atoms with Crippen LogP contribution in [0.25, 0.3) is 0 Å². The number of aromatic nitrogens is 1. The van der Waals surface area contributed by atoms with Gasteiger partial charge in [-0.05, 0) is 50.2 Å². The SMILES string of the molecule is CC(=O)OCC(O)CCl.CCOP(=O)(Cc1csc(NC(=O)c2cc(Oc3ccc(S(C)(=O)=O)cc3)cc(OC3COC3)c2)n1)OCC. The lowest BCUT2D eigenvalue weighted by atomic mass is 10.2.